The zero-order valence-corrected chi connectivity index (χ0v) is 9.84. The van der Waals surface area contributed by atoms with Crippen molar-refractivity contribution in [1.82, 2.24) is 0 Å². The summed E-state index contributed by atoms with van der Waals surface area (Å²) in [6.45, 7) is 0.791. The molecule has 0 aliphatic rings. The van der Waals surface area contributed by atoms with Gasteiger partial charge < -0.3 is 11.1 Å². The van der Waals surface area contributed by atoms with Gasteiger partial charge >= 0.3 is 0 Å². The summed E-state index contributed by atoms with van der Waals surface area (Å²) >= 11 is 0. The Bertz CT molecular complexity index is 425. The normalized spacial score (nSPS) is 12.1. The van der Waals surface area contributed by atoms with Gasteiger partial charge in [-0.1, -0.05) is 48.5 Å². The minimum absolute atomic E-state index is 0.137. The fraction of sp³-hybridized carbons (Fsp3) is 0.200. The SMILES string of the molecule is NC(CNc1ccccc1)Cc1ccccc1. The van der Waals surface area contributed by atoms with E-state index in [1.165, 1.54) is 5.56 Å². The van der Waals surface area contributed by atoms with Crippen molar-refractivity contribution in [2.75, 3.05) is 11.9 Å². The number of nitrogens with one attached hydrogen (secondary N) is 1. The summed E-state index contributed by atoms with van der Waals surface area (Å²) in [5, 5.41) is 3.34. The molecule has 0 aliphatic carbocycles. The monoisotopic (exact) mass is 226 g/mol. The highest BCUT2D eigenvalue weighted by Crippen LogP contribution is 2.06. The third-order valence-electron chi connectivity index (χ3n) is 2.68. The molecule has 2 aromatic rings. The number of nitrogens with two attached hydrogens (primary N) is 1. The fourth-order valence-corrected chi connectivity index (χ4v) is 1.79. The molecule has 1 unspecified atom stereocenters. The molecule has 0 saturated carbocycles. The van der Waals surface area contributed by atoms with Crippen molar-refractivity contribution in [3.05, 3.63) is 66.2 Å². The second-order valence-electron chi connectivity index (χ2n) is 4.20. The van der Waals surface area contributed by atoms with Crippen molar-refractivity contribution in [2.45, 2.75) is 12.5 Å². The molecule has 0 aliphatic heterocycles. The molecular formula is C15H18N2. The van der Waals surface area contributed by atoms with Crippen LogP contribution in [-0.4, -0.2) is 12.6 Å². The highest BCUT2D eigenvalue weighted by atomic mass is 14.9. The average molecular weight is 226 g/mol. The van der Waals surface area contributed by atoms with Gasteiger partial charge in [-0.15, -0.1) is 0 Å². The lowest BCUT2D eigenvalue weighted by Crippen LogP contribution is -2.31. The molecule has 0 bridgehead atoms. The maximum Gasteiger partial charge on any atom is 0.0340 e. The smallest absolute Gasteiger partial charge is 0.0340 e. The molecule has 2 heteroatoms. The number of anilines is 1. The largest absolute Gasteiger partial charge is 0.383 e. The van der Waals surface area contributed by atoms with Gasteiger partial charge in [0.1, 0.15) is 0 Å². The van der Waals surface area contributed by atoms with Gasteiger partial charge in [0, 0.05) is 18.3 Å². The van der Waals surface area contributed by atoms with Crippen molar-refractivity contribution < 1.29 is 0 Å². The van der Waals surface area contributed by atoms with E-state index in [4.69, 9.17) is 5.73 Å². The predicted octanol–water partition coefficient (Wildman–Crippen LogP) is 2.67. The van der Waals surface area contributed by atoms with Gasteiger partial charge in [-0.3, -0.25) is 0 Å². The Morgan fingerprint density at radius 3 is 2.12 bits per heavy atom. The first-order valence-electron chi connectivity index (χ1n) is 5.93. The van der Waals surface area contributed by atoms with Crippen molar-refractivity contribution >= 4 is 5.69 Å². The Morgan fingerprint density at radius 1 is 0.882 bits per heavy atom. The van der Waals surface area contributed by atoms with E-state index in [2.05, 4.69) is 29.6 Å². The third kappa shape index (κ3) is 3.93. The lowest BCUT2D eigenvalue weighted by atomic mass is 10.1. The summed E-state index contributed by atoms with van der Waals surface area (Å²) in [4.78, 5) is 0. The number of benzene rings is 2. The number of hydrogen-bond acceptors (Lipinski definition) is 2. The summed E-state index contributed by atoms with van der Waals surface area (Å²) in [5.74, 6) is 0. The van der Waals surface area contributed by atoms with Gasteiger partial charge in [-0.25, -0.2) is 0 Å². The van der Waals surface area contributed by atoms with Crippen LogP contribution in [0.25, 0.3) is 0 Å². The van der Waals surface area contributed by atoms with Crippen molar-refractivity contribution in [2.24, 2.45) is 5.73 Å². The minimum atomic E-state index is 0.137. The highest BCUT2D eigenvalue weighted by Gasteiger charge is 2.03. The molecule has 0 aromatic heterocycles. The second kappa shape index (κ2) is 6.06. The van der Waals surface area contributed by atoms with E-state index in [1.807, 2.05) is 36.4 Å². The lowest BCUT2D eigenvalue weighted by molar-refractivity contribution is 0.699. The molecule has 17 heavy (non-hydrogen) atoms. The molecule has 0 spiro atoms. The van der Waals surface area contributed by atoms with Crippen LogP contribution in [0.15, 0.2) is 60.7 Å². The fourth-order valence-electron chi connectivity index (χ4n) is 1.79. The van der Waals surface area contributed by atoms with Gasteiger partial charge in [0.2, 0.25) is 0 Å². The lowest BCUT2D eigenvalue weighted by Gasteiger charge is -2.13. The molecule has 0 saturated heterocycles. The Hall–Kier alpha value is -1.80. The van der Waals surface area contributed by atoms with Crippen molar-refractivity contribution in [1.29, 1.82) is 0 Å². The summed E-state index contributed by atoms with van der Waals surface area (Å²) in [6, 6.07) is 20.6. The van der Waals surface area contributed by atoms with Crippen LogP contribution >= 0.6 is 0 Å². The van der Waals surface area contributed by atoms with Crippen molar-refractivity contribution in [3.8, 4) is 0 Å². The Morgan fingerprint density at radius 2 is 1.47 bits per heavy atom. The Kier molecular flexibility index (Phi) is 4.17. The van der Waals surface area contributed by atoms with Gasteiger partial charge in [-0.2, -0.15) is 0 Å². The molecule has 3 N–H and O–H groups in total. The zero-order valence-electron chi connectivity index (χ0n) is 9.84. The summed E-state index contributed by atoms with van der Waals surface area (Å²) in [7, 11) is 0. The van der Waals surface area contributed by atoms with Gasteiger partial charge in [0.05, 0.1) is 0 Å². The molecule has 2 nitrogen and oxygen atoms in total. The van der Waals surface area contributed by atoms with Crippen LogP contribution in [0.1, 0.15) is 5.56 Å². The number of rotatable bonds is 5. The van der Waals surface area contributed by atoms with Gasteiger partial charge in [-0.05, 0) is 24.1 Å². The quantitative estimate of drug-likeness (QED) is 0.822. The van der Waals surface area contributed by atoms with Crippen LogP contribution < -0.4 is 11.1 Å². The predicted molar refractivity (Wildman–Crippen MR) is 73.1 cm³/mol. The van der Waals surface area contributed by atoms with Crippen LogP contribution in [0.5, 0.6) is 0 Å². The maximum absolute atomic E-state index is 6.09. The second-order valence-corrected chi connectivity index (χ2v) is 4.20. The average Bonchev–Trinajstić information content (AvgIpc) is 2.39. The van der Waals surface area contributed by atoms with E-state index in [0.717, 1.165) is 18.7 Å². The zero-order chi connectivity index (χ0) is 11.9. The third-order valence-corrected chi connectivity index (χ3v) is 2.68. The molecule has 2 aromatic carbocycles. The molecule has 0 fully saturated rings. The van der Waals surface area contributed by atoms with Crippen molar-refractivity contribution in [3.63, 3.8) is 0 Å². The van der Waals surface area contributed by atoms with Crippen LogP contribution in [0.3, 0.4) is 0 Å². The Labute approximate surface area is 102 Å². The van der Waals surface area contributed by atoms with Gasteiger partial charge in [0.25, 0.3) is 0 Å². The first-order valence-corrected chi connectivity index (χ1v) is 5.93. The molecule has 0 amide bonds. The summed E-state index contributed by atoms with van der Waals surface area (Å²) in [5.41, 5.74) is 8.50. The number of hydrogen-bond donors (Lipinski definition) is 2. The highest BCUT2D eigenvalue weighted by molar-refractivity contribution is 5.42. The van der Waals surface area contributed by atoms with Crippen LogP contribution in [0.2, 0.25) is 0 Å². The van der Waals surface area contributed by atoms with E-state index >= 15 is 0 Å². The molecule has 2 rings (SSSR count). The van der Waals surface area contributed by atoms with E-state index in [9.17, 15) is 0 Å². The number of para-hydroxylation sites is 1. The van der Waals surface area contributed by atoms with Gasteiger partial charge in [0.15, 0.2) is 0 Å². The molecule has 0 heterocycles. The minimum Gasteiger partial charge on any atom is -0.383 e. The summed E-state index contributed by atoms with van der Waals surface area (Å²) in [6.07, 6.45) is 0.903. The van der Waals surface area contributed by atoms with Crippen LogP contribution in [0.4, 0.5) is 5.69 Å². The first kappa shape index (κ1) is 11.7. The van der Waals surface area contributed by atoms with E-state index < -0.39 is 0 Å². The van der Waals surface area contributed by atoms with E-state index in [-0.39, 0.29) is 6.04 Å². The van der Waals surface area contributed by atoms with E-state index in [0.29, 0.717) is 0 Å². The van der Waals surface area contributed by atoms with Crippen LogP contribution in [-0.2, 0) is 6.42 Å². The standard InChI is InChI=1S/C15H18N2/c16-14(11-13-7-3-1-4-8-13)12-17-15-9-5-2-6-10-15/h1-10,14,17H,11-12,16H2. The molecule has 88 valence electrons. The maximum atomic E-state index is 6.09. The Balaban J connectivity index is 1.80. The molecular weight excluding hydrogens is 208 g/mol. The molecule has 0 radical (unpaired) electrons. The van der Waals surface area contributed by atoms with Crippen LogP contribution in [0, 0.1) is 0 Å². The summed E-state index contributed by atoms with van der Waals surface area (Å²) < 4.78 is 0. The molecule has 1 atom stereocenters. The topological polar surface area (TPSA) is 38.0 Å². The van der Waals surface area contributed by atoms with E-state index in [1.54, 1.807) is 0 Å². The first-order chi connectivity index (χ1) is 8.34.